The molecule has 0 unspecified atom stereocenters. The maximum Gasteiger partial charge on any atom is 0.417 e. The number of benzene rings is 1. The Kier molecular flexibility index (Phi) is 6.17. The normalized spacial score (nSPS) is 11.4. The molecule has 0 saturated heterocycles. The first-order valence-electron chi connectivity index (χ1n) is 8.78. The number of halogens is 3. The molecular weight excluding hydrogens is 403 g/mol. The lowest BCUT2D eigenvalue weighted by atomic mass is 10.1. The molecule has 1 aromatic carbocycles. The van der Waals surface area contributed by atoms with Crippen molar-refractivity contribution in [1.29, 1.82) is 0 Å². The van der Waals surface area contributed by atoms with Crippen LogP contribution in [0.3, 0.4) is 0 Å². The highest BCUT2D eigenvalue weighted by Crippen LogP contribution is 2.28. The van der Waals surface area contributed by atoms with Gasteiger partial charge in [0, 0.05) is 29.8 Å². The summed E-state index contributed by atoms with van der Waals surface area (Å²) in [6.07, 6.45) is -3.37. The summed E-state index contributed by atoms with van der Waals surface area (Å²) in [5.74, 6) is -0.527. The van der Waals surface area contributed by atoms with Crippen LogP contribution in [0.15, 0.2) is 52.8 Å². The molecule has 9 heteroatoms. The van der Waals surface area contributed by atoms with Gasteiger partial charge in [0.05, 0.1) is 16.3 Å². The molecule has 0 fully saturated rings. The van der Waals surface area contributed by atoms with Gasteiger partial charge >= 0.3 is 6.18 Å². The van der Waals surface area contributed by atoms with E-state index in [2.05, 4.69) is 10.3 Å². The van der Waals surface area contributed by atoms with E-state index in [0.717, 1.165) is 32.5 Å². The monoisotopic (exact) mass is 421 g/mol. The number of thiazole rings is 1. The van der Waals surface area contributed by atoms with E-state index in [-0.39, 0.29) is 0 Å². The van der Waals surface area contributed by atoms with Crippen molar-refractivity contribution in [3.8, 4) is 11.3 Å². The van der Waals surface area contributed by atoms with E-state index in [1.54, 1.807) is 11.3 Å². The molecule has 152 valence electrons. The van der Waals surface area contributed by atoms with Crippen molar-refractivity contribution < 1.29 is 18.0 Å². The fraction of sp³-hybridized carbons (Fsp3) is 0.250. The van der Waals surface area contributed by atoms with Crippen LogP contribution in [0.4, 0.5) is 13.2 Å². The van der Waals surface area contributed by atoms with Gasteiger partial charge in [-0.25, -0.2) is 4.98 Å². The van der Waals surface area contributed by atoms with Gasteiger partial charge in [0.1, 0.15) is 6.54 Å². The number of amides is 1. The number of aryl methyl sites for hydroxylation is 1. The van der Waals surface area contributed by atoms with Crippen molar-refractivity contribution in [1.82, 2.24) is 14.9 Å². The predicted octanol–water partition coefficient (Wildman–Crippen LogP) is 3.66. The van der Waals surface area contributed by atoms with Gasteiger partial charge in [0.25, 0.3) is 5.56 Å². The second kappa shape index (κ2) is 8.60. The summed E-state index contributed by atoms with van der Waals surface area (Å²) in [5, 5.41) is 5.60. The zero-order chi connectivity index (χ0) is 21.0. The van der Waals surface area contributed by atoms with E-state index in [1.807, 2.05) is 36.6 Å². The van der Waals surface area contributed by atoms with Crippen LogP contribution in [-0.4, -0.2) is 22.0 Å². The second-order valence-electron chi connectivity index (χ2n) is 6.43. The third-order valence-electron chi connectivity index (χ3n) is 4.23. The number of hydrogen-bond acceptors (Lipinski definition) is 4. The van der Waals surface area contributed by atoms with Crippen LogP contribution in [0.5, 0.6) is 0 Å². The molecule has 3 rings (SSSR count). The number of carbonyl (C=O) groups is 1. The number of aromatic nitrogens is 2. The highest BCUT2D eigenvalue weighted by molar-refractivity contribution is 7.09. The molecule has 0 aliphatic heterocycles. The number of carbonyl (C=O) groups excluding carboxylic acids is 1. The van der Waals surface area contributed by atoms with Crippen LogP contribution in [0.2, 0.25) is 0 Å². The quantitative estimate of drug-likeness (QED) is 0.661. The summed E-state index contributed by atoms with van der Waals surface area (Å²) in [6, 6.07) is 9.29. The molecule has 1 N–H and O–H groups in total. The standard InChI is InChI=1S/C20H18F3N3O2S/c1-13-25-17(12-29-13)15-4-2-14(3-5-15)8-9-24-18(27)11-26-10-16(20(21,22)23)6-7-19(26)28/h2-7,10,12H,8-9,11H2,1H3,(H,24,27). The van der Waals surface area contributed by atoms with Crippen molar-refractivity contribution in [2.45, 2.75) is 26.1 Å². The second-order valence-corrected chi connectivity index (χ2v) is 7.49. The van der Waals surface area contributed by atoms with Gasteiger partial charge in [-0.2, -0.15) is 13.2 Å². The van der Waals surface area contributed by atoms with E-state index in [4.69, 9.17) is 0 Å². The Hall–Kier alpha value is -2.94. The number of pyridine rings is 1. The topological polar surface area (TPSA) is 64.0 Å². The van der Waals surface area contributed by atoms with Gasteiger partial charge in [-0.15, -0.1) is 11.3 Å². The molecule has 0 radical (unpaired) electrons. The number of nitrogens with one attached hydrogen (secondary N) is 1. The summed E-state index contributed by atoms with van der Waals surface area (Å²) < 4.78 is 39.0. The SMILES string of the molecule is Cc1nc(-c2ccc(CCNC(=O)Cn3cc(C(F)(F)F)ccc3=O)cc2)cs1. The summed E-state index contributed by atoms with van der Waals surface area (Å²) >= 11 is 1.58. The molecule has 5 nitrogen and oxygen atoms in total. The fourth-order valence-electron chi connectivity index (χ4n) is 2.72. The number of nitrogens with zero attached hydrogens (tertiary/aromatic N) is 2. The number of hydrogen-bond donors (Lipinski definition) is 1. The zero-order valence-corrected chi connectivity index (χ0v) is 16.3. The number of alkyl halides is 3. The summed E-state index contributed by atoms with van der Waals surface area (Å²) in [4.78, 5) is 28.1. The molecule has 0 atom stereocenters. The van der Waals surface area contributed by atoms with E-state index < -0.39 is 29.8 Å². The fourth-order valence-corrected chi connectivity index (χ4v) is 3.34. The van der Waals surface area contributed by atoms with Crippen LogP contribution in [0, 0.1) is 6.92 Å². The minimum absolute atomic E-state index is 0.307. The summed E-state index contributed by atoms with van der Waals surface area (Å²) in [7, 11) is 0. The van der Waals surface area contributed by atoms with E-state index in [0.29, 0.717) is 25.2 Å². The van der Waals surface area contributed by atoms with Crippen LogP contribution in [-0.2, 0) is 23.9 Å². The molecule has 29 heavy (non-hydrogen) atoms. The summed E-state index contributed by atoms with van der Waals surface area (Å²) in [6.45, 7) is 1.78. The first-order chi connectivity index (χ1) is 13.7. The Morgan fingerprint density at radius 3 is 2.52 bits per heavy atom. The molecule has 0 spiro atoms. The van der Waals surface area contributed by atoms with Gasteiger partial charge < -0.3 is 9.88 Å². The predicted molar refractivity (Wildman–Crippen MR) is 105 cm³/mol. The number of rotatable bonds is 6. The highest BCUT2D eigenvalue weighted by atomic mass is 32.1. The lowest BCUT2D eigenvalue weighted by Gasteiger charge is -2.11. The van der Waals surface area contributed by atoms with Crippen LogP contribution >= 0.6 is 11.3 Å². The van der Waals surface area contributed by atoms with Crippen molar-refractivity contribution in [3.63, 3.8) is 0 Å². The molecule has 0 aliphatic carbocycles. The smallest absolute Gasteiger partial charge is 0.354 e. The minimum atomic E-state index is -4.57. The molecule has 0 bridgehead atoms. The molecule has 2 aromatic heterocycles. The average molecular weight is 421 g/mol. The van der Waals surface area contributed by atoms with Gasteiger partial charge in [0.15, 0.2) is 0 Å². The van der Waals surface area contributed by atoms with E-state index in [9.17, 15) is 22.8 Å². The van der Waals surface area contributed by atoms with Crippen LogP contribution in [0.25, 0.3) is 11.3 Å². The third-order valence-corrected chi connectivity index (χ3v) is 5.00. The lowest BCUT2D eigenvalue weighted by molar-refractivity contribution is -0.138. The molecular formula is C20H18F3N3O2S. The maximum atomic E-state index is 12.7. The van der Waals surface area contributed by atoms with E-state index >= 15 is 0 Å². The molecule has 1 amide bonds. The molecule has 0 aliphatic rings. The first kappa shape index (κ1) is 20.8. The Balaban J connectivity index is 1.53. The first-order valence-corrected chi connectivity index (χ1v) is 9.66. The highest BCUT2D eigenvalue weighted by Gasteiger charge is 2.31. The van der Waals surface area contributed by atoms with Crippen LogP contribution < -0.4 is 10.9 Å². The Morgan fingerprint density at radius 2 is 1.90 bits per heavy atom. The lowest BCUT2D eigenvalue weighted by Crippen LogP contribution is -2.33. The Morgan fingerprint density at radius 1 is 1.17 bits per heavy atom. The van der Waals surface area contributed by atoms with Crippen molar-refractivity contribution >= 4 is 17.2 Å². The average Bonchev–Trinajstić information content (AvgIpc) is 3.09. The maximum absolute atomic E-state index is 12.7. The molecule has 3 aromatic rings. The Bertz CT molecular complexity index is 1060. The van der Waals surface area contributed by atoms with Gasteiger partial charge in [-0.1, -0.05) is 24.3 Å². The minimum Gasteiger partial charge on any atom is -0.354 e. The van der Waals surface area contributed by atoms with Gasteiger partial charge in [0.2, 0.25) is 5.91 Å². The van der Waals surface area contributed by atoms with Crippen LogP contribution in [0.1, 0.15) is 16.1 Å². The van der Waals surface area contributed by atoms with Crippen molar-refractivity contribution in [3.05, 3.63) is 74.5 Å². The third kappa shape index (κ3) is 5.54. The molecule has 2 heterocycles. The summed E-state index contributed by atoms with van der Waals surface area (Å²) in [5.41, 5.74) is 1.28. The van der Waals surface area contributed by atoms with Crippen molar-refractivity contribution in [2.75, 3.05) is 6.54 Å². The largest absolute Gasteiger partial charge is 0.417 e. The molecule has 0 saturated carbocycles. The van der Waals surface area contributed by atoms with Gasteiger partial charge in [-0.3, -0.25) is 9.59 Å². The van der Waals surface area contributed by atoms with E-state index in [1.165, 1.54) is 0 Å². The van der Waals surface area contributed by atoms with Crippen molar-refractivity contribution in [2.24, 2.45) is 0 Å². The zero-order valence-electron chi connectivity index (χ0n) is 15.5. The van der Waals surface area contributed by atoms with Gasteiger partial charge in [-0.05, 0) is 25.0 Å². The Labute approximate surface area is 168 Å².